The lowest BCUT2D eigenvalue weighted by Crippen LogP contribution is -2.11. The van der Waals surface area contributed by atoms with Crippen LogP contribution in [0.25, 0.3) is 5.69 Å². The summed E-state index contributed by atoms with van der Waals surface area (Å²) < 4.78 is 14.2. The number of halogens is 1. The number of imidazole rings is 1. The van der Waals surface area contributed by atoms with E-state index in [1.807, 2.05) is 0 Å². The number of carbonyl (C=O) groups excluding carboxylic acids is 1. The molecule has 0 aliphatic carbocycles. The SMILES string of the molecule is NC(=O)c1cn(-c2ccc(F)cc2)cn1. The highest BCUT2D eigenvalue weighted by Gasteiger charge is 2.05. The zero-order chi connectivity index (χ0) is 10.8. The van der Waals surface area contributed by atoms with Gasteiger partial charge in [0.15, 0.2) is 0 Å². The lowest BCUT2D eigenvalue weighted by molar-refractivity contribution is 0.0996. The van der Waals surface area contributed by atoms with E-state index in [1.54, 1.807) is 16.7 Å². The molecule has 0 bridgehead atoms. The molecule has 1 amide bonds. The second kappa shape index (κ2) is 3.53. The zero-order valence-corrected chi connectivity index (χ0v) is 7.72. The highest BCUT2D eigenvalue weighted by molar-refractivity contribution is 5.90. The van der Waals surface area contributed by atoms with Gasteiger partial charge in [0.1, 0.15) is 17.8 Å². The smallest absolute Gasteiger partial charge is 0.268 e. The summed E-state index contributed by atoms with van der Waals surface area (Å²) in [5.74, 6) is -0.898. The van der Waals surface area contributed by atoms with Gasteiger partial charge in [-0.05, 0) is 24.3 Å². The van der Waals surface area contributed by atoms with E-state index in [9.17, 15) is 9.18 Å². The van der Waals surface area contributed by atoms with Crippen molar-refractivity contribution in [3.63, 3.8) is 0 Å². The third kappa shape index (κ3) is 1.85. The monoisotopic (exact) mass is 205 g/mol. The van der Waals surface area contributed by atoms with Crippen LogP contribution in [-0.2, 0) is 0 Å². The van der Waals surface area contributed by atoms with Crippen LogP contribution in [0.15, 0.2) is 36.8 Å². The number of primary amides is 1. The Hall–Kier alpha value is -2.17. The molecule has 2 aromatic rings. The van der Waals surface area contributed by atoms with Gasteiger partial charge in [-0.2, -0.15) is 0 Å². The standard InChI is InChI=1S/C10H8FN3O/c11-7-1-3-8(4-2-7)14-5-9(10(12)15)13-6-14/h1-6H,(H2,12,15). The van der Waals surface area contributed by atoms with Crippen LogP contribution in [0.5, 0.6) is 0 Å². The Bertz CT molecular complexity index is 490. The Morgan fingerprint density at radius 2 is 2.00 bits per heavy atom. The summed E-state index contributed by atoms with van der Waals surface area (Å²) in [5.41, 5.74) is 5.95. The summed E-state index contributed by atoms with van der Waals surface area (Å²) in [6.45, 7) is 0. The van der Waals surface area contributed by atoms with Crippen molar-refractivity contribution >= 4 is 5.91 Å². The van der Waals surface area contributed by atoms with Gasteiger partial charge in [0.25, 0.3) is 5.91 Å². The van der Waals surface area contributed by atoms with Crippen molar-refractivity contribution in [3.8, 4) is 5.69 Å². The molecular formula is C10H8FN3O. The molecule has 5 heteroatoms. The number of rotatable bonds is 2. The van der Waals surface area contributed by atoms with Gasteiger partial charge in [0.2, 0.25) is 0 Å². The number of nitrogens with two attached hydrogens (primary N) is 1. The molecule has 0 aliphatic rings. The van der Waals surface area contributed by atoms with Crippen LogP contribution in [0.3, 0.4) is 0 Å². The van der Waals surface area contributed by atoms with Crippen LogP contribution in [-0.4, -0.2) is 15.5 Å². The van der Waals surface area contributed by atoms with Gasteiger partial charge in [-0.15, -0.1) is 0 Å². The molecule has 0 spiro atoms. The minimum atomic E-state index is -0.587. The van der Waals surface area contributed by atoms with Crippen molar-refractivity contribution in [1.29, 1.82) is 0 Å². The van der Waals surface area contributed by atoms with Crippen LogP contribution < -0.4 is 5.73 Å². The van der Waals surface area contributed by atoms with Crippen molar-refractivity contribution in [3.05, 3.63) is 48.3 Å². The summed E-state index contributed by atoms with van der Waals surface area (Å²) in [6, 6.07) is 5.84. The number of carbonyl (C=O) groups is 1. The fourth-order valence-corrected chi connectivity index (χ4v) is 1.20. The minimum absolute atomic E-state index is 0.180. The van der Waals surface area contributed by atoms with E-state index < -0.39 is 5.91 Å². The molecule has 0 unspecified atom stereocenters. The molecule has 0 atom stereocenters. The highest BCUT2D eigenvalue weighted by atomic mass is 19.1. The Labute approximate surface area is 85.2 Å². The maximum absolute atomic E-state index is 12.6. The molecule has 1 heterocycles. The largest absolute Gasteiger partial charge is 0.364 e. The van der Waals surface area contributed by atoms with Gasteiger partial charge in [-0.25, -0.2) is 9.37 Å². The molecule has 1 aromatic carbocycles. The summed E-state index contributed by atoms with van der Waals surface area (Å²) in [7, 11) is 0. The summed E-state index contributed by atoms with van der Waals surface area (Å²) in [6.07, 6.45) is 2.95. The first-order chi connectivity index (χ1) is 7.16. The second-order valence-electron chi connectivity index (χ2n) is 3.01. The van der Waals surface area contributed by atoms with E-state index in [0.29, 0.717) is 0 Å². The molecule has 2 N–H and O–H groups in total. The van der Waals surface area contributed by atoms with Gasteiger partial charge in [-0.1, -0.05) is 0 Å². The second-order valence-corrected chi connectivity index (χ2v) is 3.01. The Morgan fingerprint density at radius 1 is 1.33 bits per heavy atom. The predicted molar refractivity (Wildman–Crippen MR) is 52.0 cm³/mol. The molecule has 0 saturated carbocycles. The van der Waals surface area contributed by atoms with Crippen molar-refractivity contribution in [1.82, 2.24) is 9.55 Å². The molecule has 2 rings (SSSR count). The Kier molecular flexibility index (Phi) is 2.21. The maximum Gasteiger partial charge on any atom is 0.268 e. The van der Waals surface area contributed by atoms with Crippen LogP contribution in [0.2, 0.25) is 0 Å². The molecule has 76 valence electrons. The molecule has 4 nitrogen and oxygen atoms in total. The average Bonchev–Trinajstić information content (AvgIpc) is 2.68. The topological polar surface area (TPSA) is 60.9 Å². The van der Waals surface area contributed by atoms with Gasteiger partial charge in [0, 0.05) is 11.9 Å². The molecule has 1 aromatic heterocycles. The maximum atomic E-state index is 12.6. The number of hydrogen-bond acceptors (Lipinski definition) is 2. The van der Waals surface area contributed by atoms with Crippen molar-refractivity contribution in [2.75, 3.05) is 0 Å². The van der Waals surface area contributed by atoms with Gasteiger partial charge >= 0.3 is 0 Å². The molecule has 0 radical (unpaired) electrons. The Balaban J connectivity index is 2.37. The van der Waals surface area contributed by atoms with Crippen LogP contribution >= 0.6 is 0 Å². The Morgan fingerprint density at radius 3 is 2.53 bits per heavy atom. The number of amides is 1. The fraction of sp³-hybridized carbons (Fsp3) is 0. The van der Waals surface area contributed by atoms with Gasteiger partial charge < -0.3 is 10.3 Å². The van der Waals surface area contributed by atoms with E-state index in [-0.39, 0.29) is 11.5 Å². The van der Waals surface area contributed by atoms with Crippen molar-refractivity contribution < 1.29 is 9.18 Å². The minimum Gasteiger partial charge on any atom is -0.364 e. The van der Waals surface area contributed by atoms with E-state index >= 15 is 0 Å². The zero-order valence-electron chi connectivity index (χ0n) is 7.72. The van der Waals surface area contributed by atoms with Gasteiger partial charge in [-0.3, -0.25) is 4.79 Å². The van der Waals surface area contributed by atoms with Crippen molar-refractivity contribution in [2.24, 2.45) is 5.73 Å². The highest BCUT2D eigenvalue weighted by Crippen LogP contribution is 2.09. The van der Waals surface area contributed by atoms with E-state index in [2.05, 4.69) is 4.98 Å². The molecular weight excluding hydrogens is 197 g/mol. The van der Waals surface area contributed by atoms with Crippen LogP contribution in [0.1, 0.15) is 10.5 Å². The number of benzene rings is 1. The lowest BCUT2D eigenvalue weighted by atomic mass is 10.3. The molecule has 0 saturated heterocycles. The van der Waals surface area contributed by atoms with E-state index in [1.165, 1.54) is 24.7 Å². The number of hydrogen-bond donors (Lipinski definition) is 1. The van der Waals surface area contributed by atoms with Gasteiger partial charge in [0.05, 0.1) is 0 Å². The third-order valence-corrected chi connectivity index (χ3v) is 1.96. The summed E-state index contributed by atoms with van der Waals surface area (Å²) in [5, 5.41) is 0. The van der Waals surface area contributed by atoms with E-state index in [4.69, 9.17) is 5.73 Å². The lowest BCUT2D eigenvalue weighted by Gasteiger charge is -1.99. The summed E-state index contributed by atoms with van der Waals surface area (Å²) in [4.78, 5) is 14.6. The normalized spacial score (nSPS) is 10.2. The van der Waals surface area contributed by atoms with Crippen LogP contribution in [0, 0.1) is 5.82 Å². The number of nitrogens with zero attached hydrogens (tertiary/aromatic N) is 2. The first-order valence-electron chi connectivity index (χ1n) is 4.26. The predicted octanol–water partition coefficient (Wildman–Crippen LogP) is 1.11. The number of aromatic nitrogens is 2. The van der Waals surface area contributed by atoms with Crippen molar-refractivity contribution in [2.45, 2.75) is 0 Å². The molecule has 15 heavy (non-hydrogen) atoms. The summed E-state index contributed by atoms with van der Waals surface area (Å²) >= 11 is 0. The first-order valence-corrected chi connectivity index (χ1v) is 4.26. The quantitative estimate of drug-likeness (QED) is 0.798. The first kappa shape index (κ1) is 9.39. The van der Waals surface area contributed by atoms with Crippen LogP contribution in [0.4, 0.5) is 4.39 Å². The fourth-order valence-electron chi connectivity index (χ4n) is 1.20. The third-order valence-electron chi connectivity index (χ3n) is 1.96. The molecule has 0 fully saturated rings. The average molecular weight is 205 g/mol. The molecule has 0 aliphatic heterocycles. The van der Waals surface area contributed by atoms with E-state index in [0.717, 1.165) is 5.69 Å².